The van der Waals surface area contributed by atoms with Crippen LogP contribution in [0.3, 0.4) is 0 Å². The van der Waals surface area contributed by atoms with Crippen molar-refractivity contribution in [2.45, 2.75) is 19.1 Å². The maximum Gasteiger partial charge on any atom is 0.252 e. The highest BCUT2D eigenvalue weighted by Gasteiger charge is 2.29. The molecule has 0 unspecified atom stereocenters. The summed E-state index contributed by atoms with van der Waals surface area (Å²) in [7, 11) is 0. The van der Waals surface area contributed by atoms with E-state index >= 15 is 0 Å². The van der Waals surface area contributed by atoms with Crippen LogP contribution < -0.4 is 5.32 Å². The summed E-state index contributed by atoms with van der Waals surface area (Å²) in [6.45, 7) is 3.97. The molecule has 1 aliphatic heterocycles. The minimum Gasteiger partial charge on any atom is -0.376 e. The molecule has 7 heteroatoms. The van der Waals surface area contributed by atoms with Gasteiger partial charge in [-0.2, -0.15) is 0 Å². The molecule has 0 spiro atoms. The molecule has 1 aliphatic rings. The van der Waals surface area contributed by atoms with E-state index in [4.69, 9.17) is 27.9 Å². The van der Waals surface area contributed by atoms with Gasteiger partial charge in [0.15, 0.2) is 0 Å². The first-order valence-electron chi connectivity index (χ1n) is 8.79. The molecule has 4 nitrogen and oxygen atoms in total. The van der Waals surface area contributed by atoms with Gasteiger partial charge in [-0.1, -0.05) is 41.4 Å². The second-order valence-corrected chi connectivity index (χ2v) is 7.33. The van der Waals surface area contributed by atoms with E-state index in [0.717, 1.165) is 0 Å². The van der Waals surface area contributed by atoms with Crippen LogP contribution in [0.5, 0.6) is 0 Å². The van der Waals surface area contributed by atoms with Crippen LogP contribution in [0.15, 0.2) is 42.5 Å². The van der Waals surface area contributed by atoms with E-state index in [9.17, 15) is 9.18 Å². The summed E-state index contributed by atoms with van der Waals surface area (Å²) in [6.07, 6.45) is 0.0195. The Morgan fingerprint density at radius 1 is 1.26 bits per heavy atom. The maximum atomic E-state index is 14.6. The van der Waals surface area contributed by atoms with E-state index in [1.54, 1.807) is 36.4 Å². The quantitative estimate of drug-likeness (QED) is 0.797. The smallest absolute Gasteiger partial charge is 0.252 e. The number of nitrogens with zero attached hydrogens (tertiary/aromatic N) is 1. The van der Waals surface area contributed by atoms with E-state index < -0.39 is 11.9 Å². The number of carbonyl (C=O) groups excluding carboxylic acids is 1. The van der Waals surface area contributed by atoms with Gasteiger partial charge in [-0.15, -0.1) is 0 Å². The minimum absolute atomic E-state index is 0.0195. The van der Waals surface area contributed by atoms with E-state index in [1.807, 2.05) is 6.92 Å². The Labute approximate surface area is 168 Å². The molecule has 0 aromatic heterocycles. The number of morpholine rings is 1. The highest BCUT2D eigenvalue weighted by molar-refractivity contribution is 6.33. The van der Waals surface area contributed by atoms with Gasteiger partial charge in [-0.25, -0.2) is 4.39 Å². The molecule has 2 aromatic rings. The number of benzene rings is 2. The van der Waals surface area contributed by atoms with Gasteiger partial charge < -0.3 is 10.1 Å². The molecule has 3 rings (SSSR count). The average molecular weight is 411 g/mol. The van der Waals surface area contributed by atoms with Crippen molar-refractivity contribution in [2.24, 2.45) is 0 Å². The summed E-state index contributed by atoms with van der Waals surface area (Å²) in [5.74, 6) is -0.696. The molecule has 27 heavy (non-hydrogen) atoms. The van der Waals surface area contributed by atoms with Gasteiger partial charge in [0.1, 0.15) is 5.82 Å². The van der Waals surface area contributed by atoms with Gasteiger partial charge in [0, 0.05) is 30.2 Å². The molecule has 1 fully saturated rings. The molecule has 2 aromatic carbocycles. The summed E-state index contributed by atoms with van der Waals surface area (Å²) in [6, 6.07) is 11.0. The largest absolute Gasteiger partial charge is 0.376 e. The first kappa shape index (κ1) is 20.1. The lowest BCUT2D eigenvalue weighted by Gasteiger charge is -2.38. The van der Waals surface area contributed by atoms with Crippen molar-refractivity contribution in [3.63, 3.8) is 0 Å². The van der Waals surface area contributed by atoms with Gasteiger partial charge in [0.05, 0.1) is 29.3 Å². The lowest BCUT2D eigenvalue weighted by Crippen LogP contribution is -2.47. The van der Waals surface area contributed by atoms with Crippen LogP contribution >= 0.6 is 23.2 Å². The van der Waals surface area contributed by atoms with Crippen LogP contribution in [0, 0.1) is 5.82 Å². The molecule has 0 aliphatic carbocycles. The third-order valence-electron chi connectivity index (χ3n) is 4.62. The number of carbonyl (C=O) groups is 1. The standard InChI is InChI=1S/C20H21Cl2FN2O2/c1-13-12-25(9-10-27-13)18(19-16(22)7-4-8-17(19)23)11-24-20(26)14-5-2-3-6-15(14)21/h2-8,13,18H,9-12H2,1H3,(H,24,26)/t13-,18-/m0/s1. The summed E-state index contributed by atoms with van der Waals surface area (Å²) in [5.41, 5.74) is 0.764. The highest BCUT2D eigenvalue weighted by Crippen LogP contribution is 2.31. The number of rotatable bonds is 5. The van der Waals surface area contributed by atoms with Gasteiger partial charge in [0.25, 0.3) is 5.91 Å². The molecule has 0 radical (unpaired) electrons. The van der Waals surface area contributed by atoms with E-state index in [0.29, 0.717) is 40.9 Å². The molecule has 0 saturated carbocycles. The number of hydrogen-bond donors (Lipinski definition) is 1. The second-order valence-electron chi connectivity index (χ2n) is 6.52. The Morgan fingerprint density at radius 3 is 2.70 bits per heavy atom. The summed E-state index contributed by atoms with van der Waals surface area (Å²) < 4.78 is 20.2. The van der Waals surface area contributed by atoms with Gasteiger partial charge in [-0.3, -0.25) is 9.69 Å². The fourth-order valence-electron chi connectivity index (χ4n) is 3.30. The molecule has 1 amide bonds. The number of nitrogens with one attached hydrogen (secondary N) is 1. The van der Waals surface area contributed by atoms with Gasteiger partial charge >= 0.3 is 0 Å². The maximum absolute atomic E-state index is 14.6. The Bertz CT molecular complexity index is 798. The predicted molar refractivity (Wildman–Crippen MR) is 105 cm³/mol. The van der Waals surface area contributed by atoms with Gasteiger partial charge in [0.2, 0.25) is 0 Å². The Balaban J connectivity index is 1.84. The van der Waals surface area contributed by atoms with Crippen LogP contribution in [0.4, 0.5) is 4.39 Å². The molecular weight excluding hydrogens is 390 g/mol. The summed E-state index contributed by atoms with van der Waals surface area (Å²) in [4.78, 5) is 14.6. The van der Waals surface area contributed by atoms with E-state index in [2.05, 4.69) is 10.2 Å². The predicted octanol–water partition coefficient (Wildman–Crippen LogP) is 4.32. The number of ether oxygens (including phenoxy) is 1. The van der Waals surface area contributed by atoms with Crippen molar-refractivity contribution in [1.29, 1.82) is 0 Å². The fraction of sp³-hybridized carbons (Fsp3) is 0.350. The summed E-state index contributed by atoms with van der Waals surface area (Å²) in [5, 5.41) is 3.58. The molecule has 1 heterocycles. The van der Waals surface area contributed by atoms with Crippen molar-refractivity contribution < 1.29 is 13.9 Å². The van der Waals surface area contributed by atoms with Gasteiger partial charge in [-0.05, 0) is 31.2 Å². The highest BCUT2D eigenvalue weighted by atomic mass is 35.5. The van der Waals surface area contributed by atoms with E-state index in [-0.39, 0.29) is 18.6 Å². The average Bonchev–Trinajstić information content (AvgIpc) is 2.64. The zero-order valence-electron chi connectivity index (χ0n) is 14.9. The molecule has 0 bridgehead atoms. The zero-order chi connectivity index (χ0) is 19.4. The van der Waals surface area contributed by atoms with Crippen LogP contribution in [0.1, 0.15) is 28.9 Å². The molecule has 144 valence electrons. The summed E-state index contributed by atoms with van der Waals surface area (Å²) >= 11 is 12.4. The molecular formula is C20H21Cl2FN2O2. The minimum atomic E-state index is -0.406. The zero-order valence-corrected chi connectivity index (χ0v) is 16.4. The topological polar surface area (TPSA) is 41.6 Å². The first-order valence-corrected chi connectivity index (χ1v) is 9.55. The van der Waals surface area contributed by atoms with Crippen molar-refractivity contribution in [2.75, 3.05) is 26.2 Å². The molecule has 2 atom stereocenters. The van der Waals surface area contributed by atoms with E-state index in [1.165, 1.54) is 6.07 Å². The Morgan fingerprint density at radius 2 is 2.00 bits per heavy atom. The number of amides is 1. The van der Waals surface area contributed by atoms with Crippen LogP contribution in [0.25, 0.3) is 0 Å². The monoisotopic (exact) mass is 410 g/mol. The van der Waals surface area contributed by atoms with Crippen LogP contribution in [0.2, 0.25) is 10.0 Å². The van der Waals surface area contributed by atoms with Crippen molar-refractivity contribution in [1.82, 2.24) is 10.2 Å². The van der Waals surface area contributed by atoms with Crippen molar-refractivity contribution in [3.8, 4) is 0 Å². The molecule has 1 N–H and O–H groups in total. The third-order valence-corrected chi connectivity index (χ3v) is 5.28. The Kier molecular flexibility index (Phi) is 6.71. The SMILES string of the molecule is C[C@H]1CN([C@@H](CNC(=O)c2ccccc2Cl)c2c(F)cccc2Cl)CCO1. The molecule has 1 saturated heterocycles. The van der Waals surface area contributed by atoms with Crippen molar-refractivity contribution >= 4 is 29.1 Å². The Hall–Kier alpha value is -1.66. The van der Waals surface area contributed by atoms with Crippen LogP contribution in [-0.4, -0.2) is 43.2 Å². The normalized spacial score (nSPS) is 18.9. The second kappa shape index (κ2) is 9.02. The lowest BCUT2D eigenvalue weighted by molar-refractivity contribution is -0.0346. The van der Waals surface area contributed by atoms with Crippen molar-refractivity contribution in [3.05, 3.63) is 69.5 Å². The lowest BCUT2D eigenvalue weighted by atomic mass is 10.0. The number of hydrogen-bond acceptors (Lipinski definition) is 3. The fourth-order valence-corrected chi connectivity index (χ4v) is 3.81. The first-order chi connectivity index (χ1) is 13.0. The van der Waals surface area contributed by atoms with Crippen LogP contribution in [-0.2, 0) is 4.74 Å². The third kappa shape index (κ3) is 4.79. The number of halogens is 3.